The van der Waals surface area contributed by atoms with E-state index in [1.807, 2.05) is 0 Å². The van der Waals surface area contributed by atoms with Gasteiger partial charge in [0, 0.05) is 38.6 Å². The van der Waals surface area contributed by atoms with E-state index in [0.29, 0.717) is 19.6 Å². The molecule has 1 atom stereocenters. The molecular weight excluding hydrogens is 450 g/mol. The normalized spacial score (nSPS) is 13.4. The molecule has 0 aromatic carbocycles. The Morgan fingerprint density at radius 1 is 1.09 bits per heavy atom. The van der Waals surface area contributed by atoms with Gasteiger partial charge in [-0.2, -0.15) is 0 Å². The Labute approximate surface area is 202 Å². The molecule has 1 fully saturated rings. The van der Waals surface area contributed by atoms with Crippen LogP contribution in [0.1, 0.15) is 6.42 Å². The molecule has 206 valence electrons. The van der Waals surface area contributed by atoms with E-state index in [0.717, 1.165) is 39.3 Å². The molecule has 1 saturated heterocycles. The van der Waals surface area contributed by atoms with Crippen molar-refractivity contribution in [2.75, 3.05) is 92.6 Å². The highest BCUT2D eigenvalue weighted by molar-refractivity contribution is 4.80. The highest BCUT2D eigenvalue weighted by Gasteiger charge is 2.20. The van der Waals surface area contributed by atoms with Crippen LogP contribution >= 0.6 is 0 Å². The van der Waals surface area contributed by atoms with Crippen LogP contribution in [0, 0.1) is 0 Å². The summed E-state index contributed by atoms with van der Waals surface area (Å²) in [7, 11) is 1.80. The van der Waals surface area contributed by atoms with Gasteiger partial charge in [0.05, 0.1) is 64.2 Å². The Morgan fingerprint density at radius 2 is 1.71 bits per heavy atom. The molecule has 0 spiro atoms. The fourth-order valence-corrected chi connectivity index (χ4v) is 1.55. The van der Waals surface area contributed by atoms with Crippen LogP contribution in [-0.4, -0.2) is 145 Å². The monoisotopic (exact) mass is 499 g/mol. The number of aliphatic hydroxyl groups is 6. The number of aromatic amines is 1. The fourth-order valence-electron chi connectivity index (χ4n) is 1.55. The highest BCUT2D eigenvalue weighted by Crippen LogP contribution is 1.93. The first kappa shape index (κ1) is 37.3. The van der Waals surface area contributed by atoms with Crippen LogP contribution in [0.2, 0.25) is 0 Å². The quantitative estimate of drug-likeness (QED) is 0.128. The number of nitrogens with zero attached hydrogens (tertiary/aromatic N) is 1. The van der Waals surface area contributed by atoms with E-state index in [2.05, 4.69) is 25.9 Å². The lowest BCUT2D eigenvalue weighted by atomic mass is 10.1. The number of H-pyrrole nitrogens is 1. The number of aliphatic hydroxyl groups excluding tert-OH is 6. The third kappa shape index (κ3) is 32.9. The third-order valence-corrected chi connectivity index (χ3v) is 3.71. The van der Waals surface area contributed by atoms with Crippen molar-refractivity contribution in [2.24, 2.45) is 11.5 Å². The maximum Gasteiger partial charge on any atom is 0.0919 e. The lowest BCUT2D eigenvalue weighted by Gasteiger charge is -2.20. The summed E-state index contributed by atoms with van der Waals surface area (Å²) in [6.45, 7) is 5.26. The van der Waals surface area contributed by atoms with Gasteiger partial charge in [-0.3, -0.25) is 0 Å². The van der Waals surface area contributed by atoms with Crippen molar-refractivity contribution in [3.63, 3.8) is 0 Å². The van der Waals surface area contributed by atoms with Crippen molar-refractivity contribution < 1.29 is 35.4 Å². The minimum Gasteiger partial charge on any atom is -0.395 e. The third-order valence-electron chi connectivity index (χ3n) is 3.71. The number of hydrogen-bond acceptors (Lipinski definition) is 13. The van der Waals surface area contributed by atoms with E-state index < -0.39 is 31.5 Å². The Balaban J connectivity index is -0.000000362. The predicted octanol–water partition coefficient (Wildman–Crippen LogP) is -4.85. The van der Waals surface area contributed by atoms with Crippen LogP contribution in [0.15, 0.2) is 18.7 Å². The lowest BCUT2D eigenvalue weighted by molar-refractivity contribution is 0.0697. The zero-order valence-electron chi connectivity index (χ0n) is 20.4. The van der Waals surface area contributed by atoms with Crippen LogP contribution in [0.3, 0.4) is 0 Å². The number of morpholine rings is 1. The maximum atomic E-state index is 8.81. The average molecular weight is 500 g/mol. The number of nitrogens with two attached hydrogens (primary N) is 2. The minimum absolute atomic E-state index is 0.185. The standard InChI is InChI=1S/C6H16N2O2.C4H11NO3.C4H9NO.C3H4N2.C3H9NO/c7-2-1-3-8-4-6(10)5-9;5-4(1-6,2-7)3-8;1-3-6-4-2-5-1;1-2-5-3-4-1;1-4-2-3-5/h6,8-10H,1-5,7H2;6-8H,1-3,5H2;5H,1-4H2;1-3H,(H,4,5);4-5H,2-3H2,1H3. The molecule has 14 nitrogen and oxygen atoms in total. The van der Waals surface area contributed by atoms with Crippen LogP contribution in [0.4, 0.5) is 0 Å². The van der Waals surface area contributed by atoms with Gasteiger partial charge in [0.1, 0.15) is 0 Å². The van der Waals surface area contributed by atoms with E-state index in [9.17, 15) is 0 Å². The molecule has 1 aromatic heterocycles. The van der Waals surface area contributed by atoms with Crippen LogP contribution in [-0.2, 0) is 4.74 Å². The molecule has 1 unspecified atom stereocenters. The SMILES string of the molecule is C1COCCN1.CNCCO.NC(CO)(CO)CO.NCCCNCC(O)CO.c1c[nH]cn1. The largest absolute Gasteiger partial charge is 0.395 e. The van der Waals surface area contributed by atoms with Gasteiger partial charge in [0.15, 0.2) is 0 Å². The molecule has 1 aromatic rings. The molecule has 0 bridgehead atoms. The van der Waals surface area contributed by atoms with E-state index in [1.165, 1.54) is 0 Å². The van der Waals surface area contributed by atoms with Gasteiger partial charge in [-0.05, 0) is 26.6 Å². The van der Waals surface area contributed by atoms with E-state index >= 15 is 0 Å². The number of hydrogen-bond donors (Lipinski definition) is 12. The Hall–Kier alpha value is -1.27. The van der Waals surface area contributed by atoms with Gasteiger partial charge in [0.25, 0.3) is 0 Å². The lowest BCUT2D eigenvalue weighted by Crippen LogP contribution is -2.50. The molecule has 0 aliphatic carbocycles. The molecule has 0 radical (unpaired) electrons. The van der Waals surface area contributed by atoms with Gasteiger partial charge in [-0.15, -0.1) is 0 Å². The summed E-state index contributed by atoms with van der Waals surface area (Å²) in [5.41, 5.74) is 9.16. The molecule has 0 saturated carbocycles. The van der Waals surface area contributed by atoms with E-state index in [-0.39, 0.29) is 13.2 Å². The first-order valence-electron chi connectivity index (χ1n) is 11.2. The van der Waals surface area contributed by atoms with Crippen molar-refractivity contribution in [1.82, 2.24) is 25.9 Å². The van der Waals surface area contributed by atoms with E-state index in [1.54, 1.807) is 25.8 Å². The van der Waals surface area contributed by atoms with Gasteiger partial charge in [0.2, 0.25) is 0 Å². The summed E-state index contributed by atoms with van der Waals surface area (Å²) in [6.07, 6.45) is 5.34. The predicted molar refractivity (Wildman–Crippen MR) is 131 cm³/mol. The number of ether oxygens (including phenoxy) is 1. The first-order chi connectivity index (χ1) is 16.4. The van der Waals surface area contributed by atoms with Crippen LogP contribution in [0.25, 0.3) is 0 Å². The number of likely N-dealkylation sites (N-methyl/N-ethyl adjacent to an activating group) is 1. The van der Waals surface area contributed by atoms with E-state index in [4.69, 9.17) is 46.8 Å². The Morgan fingerprint density at radius 3 is 1.91 bits per heavy atom. The average Bonchev–Trinajstić information content (AvgIpc) is 3.49. The summed E-state index contributed by atoms with van der Waals surface area (Å²) in [5.74, 6) is 0. The second-order valence-electron chi connectivity index (χ2n) is 6.97. The summed E-state index contributed by atoms with van der Waals surface area (Å²) in [5, 5.41) is 59.1. The Kier molecular flexibility index (Phi) is 34.8. The summed E-state index contributed by atoms with van der Waals surface area (Å²) in [6, 6.07) is 0. The zero-order valence-corrected chi connectivity index (χ0v) is 20.4. The molecule has 1 aliphatic rings. The van der Waals surface area contributed by atoms with Crippen molar-refractivity contribution in [3.8, 4) is 0 Å². The topological polar surface area (TPSA) is 247 Å². The number of rotatable bonds is 11. The minimum atomic E-state index is -1.21. The van der Waals surface area contributed by atoms with Crippen molar-refractivity contribution >= 4 is 0 Å². The zero-order chi connectivity index (χ0) is 26.3. The fraction of sp³-hybridized carbons (Fsp3) is 0.850. The molecule has 0 amide bonds. The molecule has 14 heteroatoms. The van der Waals surface area contributed by atoms with Crippen molar-refractivity contribution in [1.29, 1.82) is 0 Å². The van der Waals surface area contributed by atoms with Crippen LogP contribution in [0.5, 0.6) is 0 Å². The summed E-state index contributed by atoms with van der Waals surface area (Å²) >= 11 is 0. The molecule has 1 aliphatic heterocycles. The molecule has 14 N–H and O–H groups in total. The van der Waals surface area contributed by atoms with Gasteiger partial charge in [-0.1, -0.05) is 0 Å². The second kappa shape index (κ2) is 31.7. The van der Waals surface area contributed by atoms with Gasteiger partial charge < -0.3 is 67.8 Å². The summed E-state index contributed by atoms with van der Waals surface area (Å²) < 4.78 is 5.01. The smallest absolute Gasteiger partial charge is 0.0919 e. The Bertz CT molecular complexity index is 402. The molecular formula is C20H49N7O7. The first-order valence-corrected chi connectivity index (χ1v) is 11.2. The van der Waals surface area contributed by atoms with Gasteiger partial charge in [-0.25, -0.2) is 4.98 Å². The maximum absolute atomic E-state index is 8.81. The molecule has 2 heterocycles. The number of nitrogens with one attached hydrogen (secondary N) is 4. The van der Waals surface area contributed by atoms with Crippen LogP contribution < -0.4 is 27.4 Å². The number of aromatic nitrogens is 2. The second-order valence-corrected chi connectivity index (χ2v) is 6.97. The summed E-state index contributed by atoms with van der Waals surface area (Å²) in [4.78, 5) is 6.42. The van der Waals surface area contributed by atoms with Crippen molar-refractivity contribution in [2.45, 2.75) is 18.1 Å². The molecule has 2 rings (SSSR count). The van der Waals surface area contributed by atoms with Gasteiger partial charge >= 0.3 is 0 Å². The highest BCUT2D eigenvalue weighted by atomic mass is 16.5. The van der Waals surface area contributed by atoms with Crippen molar-refractivity contribution in [3.05, 3.63) is 18.7 Å². The number of imidazole rings is 1. The molecule has 34 heavy (non-hydrogen) atoms.